The maximum Gasteiger partial charge on any atom is 0.324 e. The summed E-state index contributed by atoms with van der Waals surface area (Å²) in [5, 5.41) is 8.27. The number of carbonyl (C=O) groups is 3. The molecule has 2 aliphatic carbocycles. The summed E-state index contributed by atoms with van der Waals surface area (Å²) in [5.41, 5.74) is 10.5. The quantitative estimate of drug-likeness (QED) is 0.137. The third kappa shape index (κ3) is 8.61. The summed E-state index contributed by atoms with van der Waals surface area (Å²) in [4.78, 5) is 60.1. The topological polar surface area (TPSA) is 153 Å². The van der Waals surface area contributed by atoms with Crippen LogP contribution < -0.4 is 10.7 Å². The first-order chi connectivity index (χ1) is 31.4. The molecule has 4 aromatic heterocycles. The third-order valence-corrected chi connectivity index (χ3v) is 15.4. The van der Waals surface area contributed by atoms with Crippen LogP contribution in [0.15, 0.2) is 66.4 Å². The van der Waals surface area contributed by atoms with Gasteiger partial charge in [0, 0.05) is 90.1 Å². The van der Waals surface area contributed by atoms with E-state index in [1.165, 1.54) is 29.2 Å². The molecular formula is C50H60N8O6S. The second kappa shape index (κ2) is 17.6. The number of ether oxygens (including phenoxy) is 3. The Kier molecular flexibility index (Phi) is 11.9. The van der Waals surface area contributed by atoms with E-state index < -0.39 is 35.5 Å². The molecule has 1 aromatic carbocycles. The fraction of sp³-hybridized carbons (Fsp3) is 0.520. The molecule has 3 aliphatic heterocycles. The molecule has 2 saturated carbocycles. The molecule has 0 spiro atoms. The predicted octanol–water partition coefficient (Wildman–Crippen LogP) is 7.21. The molecule has 2 amide bonds. The Balaban J connectivity index is 1.13. The molecule has 1 unspecified atom stereocenters. The van der Waals surface area contributed by atoms with Crippen LogP contribution >= 0.6 is 11.3 Å². The van der Waals surface area contributed by atoms with Crippen molar-refractivity contribution in [3.8, 4) is 22.5 Å². The average Bonchev–Trinajstić information content (AvgIpc) is 4.15. The van der Waals surface area contributed by atoms with E-state index in [2.05, 4.69) is 77.2 Å². The molecule has 2 saturated heterocycles. The number of esters is 1. The van der Waals surface area contributed by atoms with E-state index in [0.717, 1.165) is 63.3 Å². The standard InChI is InChI=1S/C50H60N8O6S/c1-28-29(2)41(28)46(59)54-43-45(63-25-31-10-7-17-51-22-31)47-53-39(26-65-47)32-13-16-40-36(20-32)37(21-50(4,5)27-64-49(61)38-12-9-19-57(55-38)48(43)60)44(35-11-8-18-52-42(35)30(3)62-6)58(40)34-23-56(24-34)33-14-15-33/h7-8,10-11,13,16-18,20,22,26,28-30,33-34,38,41,43,45,55H,9,12,14-15,19,21,23-25,27H2,1-6H3,(H,54,59)/t28-,29+,30-,38-,41?,43-,45-/m0/s1. The molecule has 14 nitrogen and oxygen atoms in total. The monoisotopic (exact) mass is 900 g/mol. The molecule has 7 heterocycles. The Hall–Kier alpha value is -5.06. The lowest BCUT2D eigenvalue weighted by atomic mass is 9.84. The van der Waals surface area contributed by atoms with Crippen LogP contribution in [0.4, 0.5) is 0 Å². The molecular weight excluding hydrogens is 841 g/mol. The molecule has 15 heteroatoms. The van der Waals surface area contributed by atoms with Gasteiger partial charge in [-0.25, -0.2) is 10.4 Å². The molecule has 0 radical (unpaired) electrons. The predicted molar refractivity (Wildman–Crippen MR) is 247 cm³/mol. The first-order valence-electron chi connectivity index (χ1n) is 23.3. The molecule has 4 fully saturated rings. The van der Waals surface area contributed by atoms with Crippen LogP contribution in [0.25, 0.3) is 33.4 Å². The summed E-state index contributed by atoms with van der Waals surface area (Å²) in [6.07, 6.45) is 8.22. The number of nitrogens with one attached hydrogen (secondary N) is 2. The Morgan fingerprint density at radius 1 is 1.06 bits per heavy atom. The van der Waals surface area contributed by atoms with Gasteiger partial charge in [-0.2, -0.15) is 0 Å². The number of cyclic esters (lactones) is 1. The number of rotatable bonds is 10. The number of hydrogen-bond donors (Lipinski definition) is 2. The van der Waals surface area contributed by atoms with Crippen molar-refractivity contribution in [3.05, 3.63) is 88.3 Å². The van der Waals surface area contributed by atoms with Crippen molar-refractivity contribution in [2.45, 2.75) is 110 Å². The summed E-state index contributed by atoms with van der Waals surface area (Å²) in [5.74, 6) is -0.875. The van der Waals surface area contributed by atoms with Crippen LogP contribution in [-0.2, 0) is 41.6 Å². The number of pyridine rings is 2. The molecule has 342 valence electrons. The zero-order chi connectivity index (χ0) is 45.1. The summed E-state index contributed by atoms with van der Waals surface area (Å²) in [6.45, 7) is 13.0. The van der Waals surface area contributed by atoms with Gasteiger partial charge in [0.15, 0.2) is 0 Å². The number of methoxy groups -OCH3 is 1. The molecule has 2 N–H and O–H groups in total. The summed E-state index contributed by atoms with van der Waals surface area (Å²) in [7, 11) is 1.72. The van der Waals surface area contributed by atoms with Gasteiger partial charge in [-0.05, 0) is 92.3 Å². The van der Waals surface area contributed by atoms with E-state index in [4.69, 9.17) is 24.2 Å². The molecule has 5 aliphatic rings. The van der Waals surface area contributed by atoms with Gasteiger partial charge in [0.25, 0.3) is 5.91 Å². The average molecular weight is 901 g/mol. The highest BCUT2D eigenvalue weighted by molar-refractivity contribution is 7.10. The lowest BCUT2D eigenvalue weighted by Gasteiger charge is -2.42. The summed E-state index contributed by atoms with van der Waals surface area (Å²) in [6, 6.07) is 13.5. The zero-order valence-electron chi connectivity index (χ0n) is 38.2. The number of benzene rings is 1. The third-order valence-electron chi connectivity index (χ3n) is 14.5. The van der Waals surface area contributed by atoms with Gasteiger partial charge in [-0.15, -0.1) is 11.3 Å². The van der Waals surface area contributed by atoms with Gasteiger partial charge in [0.05, 0.1) is 42.4 Å². The van der Waals surface area contributed by atoms with Crippen molar-refractivity contribution in [3.63, 3.8) is 0 Å². The first kappa shape index (κ1) is 43.8. The first-order valence-corrected chi connectivity index (χ1v) is 24.2. The van der Waals surface area contributed by atoms with Gasteiger partial charge < -0.3 is 24.1 Å². The second-order valence-electron chi connectivity index (χ2n) is 19.7. The smallest absolute Gasteiger partial charge is 0.324 e. The van der Waals surface area contributed by atoms with Gasteiger partial charge in [-0.1, -0.05) is 39.8 Å². The molecule has 5 aromatic rings. The minimum atomic E-state index is -1.15. The van der Waals surface area contributed by atoms with Crippen molar-refractivity contribution in [1.29, 1.82) is 0 Å². The highest BCUT2D eigenvalue weighted by atomic mass is 32.1. The number of thiazole rings is 1. The van der Waals surface area contributed by atoms with Crippen molar-refractivity contribution < 1.29 is 28.6 Å². The van der Waals surface area contributed by atoms with Crippen molar-refractivity contribution in [2.24, 2.45) is 23.2 Å². The van der Waals surface area contributed by atoms with Gasteiger partial charge in [0.2, 0.25) is 5.91 Å². The largest absolute Gasteiger partial charge is 0.464 e. The maximum absolute atomic E-state index is 14.9. The van der Waals surface area contributed by atoms with Crippen LogP contribution in [0, 0.1) is 23.2 Å². The number of likely N-dealkylation sites (tertiary alicyclic amines) is 1. The summed E-state index contributed by atoms with van der Waals surface area (Å²) < 4.78 is 21.4. The number of carbonyl (C=O) groups excluding carboxylic acids is 3. The zero-order valence-corrected chi connectivity index (χ0v) is 39.0. The highest BCUT2D eigenvalue weighted by Crippen LogP contribution is 2.47. The fourth-order valence-corrected chi connectivity index (χ4v) is 11.1. The number of amides is 2. The van der Waals surface area contributed by atoms with Gasteiger partial charge in [0.1, 0.15) is 23.2 Å². The van der Waals surface area contributed by atoms with E-state index in [9.17, 15) is 14.4 Å². The minimum Gasteiger partial charge on any atom is -0.464 e. The molecule has 7 atom stereocenters. The van der Waals surface area contributed by atoms with Gasteiger partial charge in [-0.3, -0.25) is 34.3 Å². The second-order valence-corrected chi connectivity index (χ2v) is 20.6. The Morgan fingerprint density at radius 2 is 1.86 bits per heavy atom. The van der Waals surface area contributed by atoms with Crippen molar-refractivity contribution >= 4 is 40.0 Å². The van der Waals surface area contributed by atoms with Crippen molar-refractivity contribution in [1.82, 2.24) is 40.2 Å². The molecule has 6 bridgehead atoms. The normalized spacial score (nSPS) is 26.6. The van der Waals surface area contributed by atoms with Crippen LogP contribution in [-0.4, -0.2) is 98.7 Å². The van der Waals surface area contributed by atoms with Crippen LogP contribution in [0.3, 0.4) is 0 Å². The Morgan fingerprint density at radius 3 is 2.60 bits per heavy atom. The van der Waals surface area contributed by atoms with Crippen LogP contribution in [0.1, 0.15) is 100 Å². The Labute approximate surface area is 384 Å². The van der Waals surface area contributed by atoms with Crippen molar-refractivity contribution in [2.75, 3.05) is 33.4 Å². The Bertz CT molecular complexity index is 2580. The van der Waals surface area contributed by atoms with E-state index in [1.54, 1.807) is 19.5 Å². The van der Waals surface area contributed by atoms with Crippen LogP contribution in [0.5, 0.6) is 0 Å². The highest BCUT2D eigenvalue weighted by Gasteiger charge is 2.50. The van der Waals surface area contributed by atoms with Crippen LogP contribution in [0.2, 0.25) is 0 Å². The number of hydrogen-bond acceptors (Lipinski definition) is 12. The maximum atomic E-state index is 14.9. The van der Waals surface area contributed by atoms with E-state index in [-0.39, 0.29) is 49.0 Å². The molecule has 10 rings (SSSR count). The fourth-order valence-electron chi connectivity index (χ4n) is 10.2. The van der Waals surface area contributed by atoms with E-state index in [1.807, 2.05) is 36.7 Å². The number of hydrazine groups is 1. The summed E-state index contributed by atoms with van der Waals surface area (Å²) >= 11 is 1.41. The van der Waals surface area contributed by atoms with E-state index >= 15 is 0 Å². The minimum absolute atomic E-state index is 0.129. The SMILES string of the molecule is CO[C@@H](C)c1ncccc1-c1c2c3cc(ccc3n1C1CN(C3CC3)C1)-c1csc(n1)[C@@H](OCc1cccnc1)[C@H](NC(=O)C1[C@@H](C)[C@H]1C)C(=O)N1CCC[C@H](N1)C(=O)OCC(C)(C)C2. The number of aromatic nitrogens is 4. The van der Waals surface area contributed by atoms with E-state index in [0.29, 0.717) is 36.9 Å². The number of fused-ring (bicyclic) bond motifs is 6. The van der Waals surface area contributed by atoms with Gasteiger partial charge >= 0.3 is 5.97 Å². The molecule has 65 heavy (non-hydrogen) atoms. The number of nitrogens with zero attached hydrogens (tertiary/aromatic N) is 6. The lowest BCUT2D eigenvalue weighted by molar-refractivity contribution is -0.157. The lowest BCUT2D eigenvalue weighted by Crippen LogP contribution is -2.61.